The zero-order chi connectivity index (χ0) is 16.3. The Bertz CT molecular complexity index is 631. The smallest absolute Gasteiger partial charge is 0.243 e. The van der Waals surface area contributed by atoms with E-state index in [1.54, 1.807) is 14.1 Å². The molecule has 0 bridgehead atoms. The van der Waals surface area contributed by atoms with E-state index in [4.69, 9.17) is 0 Å². The van der Waals surface area contributed by atoms with E-state index < -0.39 is 15.8 Å². The molecule has 1 aromatic rings. The van der Waals surface area contributed by atoms with Gasteiger partial charge in [0.1, 0.15) is 5.82 Å². The van der Waals surface area contributed by atoms with Crippen LogP contribution in [-0.4, -0.2) is 50.8 Å². The highest BCUT2D eigenvalue weighted by molar-refractivity contribution is 7.89. The Kier molecular flexibility index (Phi) is 5.15. The Morgan fingerprint density at radius 2 is 1.95 bits per heavy atom. The van der Waals surface area contributed by atoms with Crippen LogP contribution in [0.25, 0.3) is 0 Å². The molecule has 1 aromatic carbocycles. The molecule has 6 nitrogen and oxygen atoms in total. The Balaban J connectivity index is 2.14. The molecule has 8 heteroatoms. The highest BCUT2D eigenvalue weighted by atomic mass is 32.2. The van der Waals surface area contributed by atoms with E-state index in [1.165, 1.54) is 21.4 Å². The molecule has 0 radical (unpaired) electrons. The fraction of sp³-hybridized carbons (Fsp3) is 0.500. The quantitative estimate of drug-likeness (QED) is 0.831. The number of piperidine rings is 1. The van der Waals surface area contributed by atoms with E-state index in [-0.39, 0.29) is 23.3 Å². The number of rotatable bonds is 4. The molecule has 1 aliphatic heterocycles. The van der Waals surface area contributed by atoms with Crippen molar-refractivity contribution in [1.82, 2.24) is 14.7 Å². The monoisotopic (exact) mass is 329 g/mol. The first-order chi connectivity index (χ1) is 10.3. The second kappa shape index (κ2) is 6.72. The van der Waals surface area contributed by atoms with E-state index in [0.717, 1.165) is 12.1 Å². The van der Waals surface area contributed by atoms with Gasteiger partial charge in [0.25, 0.3) is 0 Å². The van der Waals surface area contributed by atoms with Crippen LogP contribution in [0.5, 0.6) is 0 Å². The summed E-state index contributed by atoms with van der Waals surface area (Å²) in [6.07, 6.45) is 1.26. The summed E-state index contributed by atoms with van der Waals surface area (Å²) in [6.45, 7) is 0.505. The van der Waals surface area contributed by atoms with E-state index in [2.05, 4.69) is 5.43 Å². The number of benzene rings is 1. The third-order valence-corrected chi connectivity index (χ3v) is 5.42. The minimum Gasteiger partial charge on any atom is -0.289 e. The summed E-state index contributed by atoms with van der Waals surface area (Å²) in [5.41, 5.74) is 2.66. The molecule has 1 heterocycles. The molecule has 122 valence electrons. The third kappa shape index (κ3) is 3.82. The standard InChI is InChI=1S/C14H20FN3O3S/c1-17(2)16-14(19)11-4-3-9-18(10-11)22(20,21)13-7-5-12(15)6-8-13/h5-8,11H,3-4,9-10H2,1-2H3,(H,16,19)/t11-/m0/s1. The maximum absolute atomic E-state index is 12.9. The van der Waals surface area contributed by atoms with Crippen molar-refractivity contribution >= 4 is 15.9 Å². The van der Waals surface area contributed by atoms with Gasteiger partial charge in [-0.3, -0.25) is 10.2 Å². The van der Waals surface area contributed by atoms with Crippen LogP contribution in [0.4, 0.5) is 4.39 Å². The fourth-order valence-corrected chi connectivity index (χ4v) is 3.97. The van der Waals surface area contributed by atoms with Gasteiger partial charge in [-0.1, -0.05) is 0 Å². The van der Waals surface area contributed by atoms with Crippen molar-refractivity contribution < 1.29 is 17.6 Å². The van der Waals surface area contributed by atoms with Crippen molar-refractivity contribution in [2.75, 3.05) is 27.2 Å². The summed E-state index contributed by atoms with van der Waals surface area (Å²) >= 11 is 0. The first kappa shape index (κ1) is 16.9. The van der Waals surface area contributed by atoms with E-state index in [0.29, 0.717) is 19.4 Å². The van der Waals surface area contributed by atoms with Crippen LogP contribution in [0.2, 0.25) is 0 Å². The Morgan fingerprint density at radius 1 is 1.32 bits per heavy atom. The van der Waals surface area contributed by atoms with Crippen LogP contribution < -0.4 is 5.43 Å². The van der Waals surface area contributed by atoms with Gasteiger partial charge in [0.2, 0.25) is 15.9 Å². The molecular formula is C14H20FN3O3S. The van der Waals surface area contributed by atoms with Crippen molar-refractivity contribution in [1.29, 1.82) is 0 Å². The molecule has 0 spiro atoms. The van der Waals surface area contributed by atoms with Gasteiger partial charge in [0.15, 0.2) is 0 Å². The summed E-state index contributed by atoms with van der Waals surface area (Å²) in [5, 5.41) is 1.54. The first-order valence-corrected chi connectivity index (χ1v) is 8.48. The normalized spacial score (nSPS) is 20.1. The van der Waals surface area contributed by atoms with Gasteiger partial charge in [-0.15, -0.1) is 0 Å². The average molecular weight is 329 g/mol. The van der Waals surface area contributed by atoms with Crippen molar-refractivity contribution in [3.8, 4) is 0 Å². The first-order valence-electron chi connectivity index (χ1n) is 7.04. The predicted octanol–water partition coefficient (Wildman–Crippen LogP) is 0.819. The molecule has 1 fully saturated rings. The van der Waals surface area contributed by atoms with Crippen LogP contribution >= 0.6 is 0 Å². The lowest BCUT2D eigenvalue weighted by atomic mass is 9.99. The number of halogens is 1. The maximum atomic E-state index is 12.9. The number of sulfonamides is 1. The van der Waals surface area contributed by atoms with Crippen LogP contribution in [0.1, 0.15) is 12.8 Å². The Hall–Kier alpha value is -1.51. The number of carbonyl (C=O) groups excluding carboxylic acids is 1. The highest BCUT2D eigenvalue weighted by Crippen LogP contribution is 2.24. The van der Waals surface area contributed by atoms with Crippen LogP contribution in [0.15, 0.2) is 29.2 Å². The fourth-order valence-electron chi connectivity index (χ4n) is 2.44. The summed E-state index contributed by atoms with van der Waals surface area (Å²) in [5.74, 6) is -1.06. The predicted molar refractivity (Wildman–Crippen MR) is 79.7 cm³/mol. The topological polar surface area (TPSA) is 69.7 Å². The third-order valence-electron chi connectivity index (χ3n) is 3.54. The average Bonchev–Trinajstić information content (AvgIpc) is 2.47. The number of hydrogen-bond acceptors (Lipinski definition) is 4. The SMILES string of the molecule is CN(C)NC(=O)[C@H]1CCCN(S(=O)(=O)c2ccc(F)cc2)C1. The lowest BCUT2D eigenvalue weighted by Gasteiger charge is -2.31. The zero-order valence-electron chi connectivity index (χ0n) is 12.6. The van der Waals surface area contributed by atoms with Gasteiger partial charge in [0.05, 0.1) is 10.8 Å². The molecule has 0 aromatic heterocycles. The highest BCUT2D eigenvalue weighted by Gasteiger charge is 2.33. The van der Waals surface area contributed by atoms with E-state index >= 15 is 0 Å². The molecule has 0 saturated carbocycles. The molecule has 22 heavy (non-hydrogen) atoms. The molecule has 2 rings (SSSR count). The lowest BCUT2D eigenvalue weighted by molar-refractivity contribution is -0.129. The number of nitrogens with zero attached hydrogens (tertiary/aromatic N) is 2. The second-order valence-corrected chi connectivity index (χ2v) is 7.46. The van der Waals surface area contributed by atoms with Gasteiger partial charge in [-0.2, -0.15) is 4.31 Å². The van der Waals surface area contributed by atoms with Crippen LogP contribution in [0.3, 0.4) is 0 Å². The zero-order valence-corrected chi connectivity index (χ0v) is 13.4. The van der Waals surface area contributed by atoms with Gasteiger partial charge in [-0.25, -0.2) is 17.8 Å². The number of nitrogens with one attached hydrogen (secondary N) is 1. The molecule has 1 amide bonds. The number of hydrazine groups is 1. The van der Waals surface area contributed by atoms with Gasteiger partial charge in [-0.05, 0) is 37.1 Å². The summed E-state index contributed by atoms with van der Waals surface area (Å²) < 4.78 is 39.3. The second-order valence-electron chi connectivity index (χ2n) is 5.53. The Labute approximate surface area is 129 Å². The van der Waals surface area contributed by atoms with Crippen molar-refractivity contribution in [2.45, 2.75) is 17.7 Å². The van der Waals surface area contributed by atoms with Gasteiger partial charge < -0.3 is 0 Å². The molecule has 1 saturated heterocycles. The number of hydrogen-bond donors (Lipinski definition) is 1. The minimum atomic E-state index is -3.70. The molecule has 0 aliphatic carbocycles. The molecule has 1 aliphatic rings. The van der Waals surface area contributed by atoms with E-state index in [9.17, 15) is 17.6 Å². The van der Waals surface area contributed by atoms with Crippen molar-refractivity contribution in [3.63, 3.8) is 0 Å². The van der Waals surface area contributed by atoms with Gasteiger partial charge >= 0.3 is 0 Å². The molecule has 1 atom stereocenters. The molecule has 1 N–H and O–H groups in total. The lowest BCUT2D eigenvalue weighted by Crippen LogP contribution is -2.48. The van der Waals surface area contributed by atoms with E-state index in [1.807, 2.05) is 0 Å². The van der Waals surface area contributed by atoms with Crippen LogP contribution in [0, 0.1) is 11.7 Å². The molecular weight excluding hydrogens is 309 g/mol. The van der Waals surface area contributed by atoms with Crippen molar-refractivity contribution in [3.05, 3.63) is 30.1 Å². The van der Waals surface area contributed by atoms with Crippen molar-refractivity contribution in [2.24, 2.45) is 5.92 Å². The Morgan fingerprint density at radius 3 is 2.55 bits per heavy atom. The molecule has 0 unspecified atom stereocenters. The summed E-state index contributed by atoms with van der Waals surface area (Å²) in [7, 11) is -0.296. The largest absolute Gasteiger partial charge is 0.289 e. The maximum Gasteiger partial charge on any atom is 0.243 e. The van der Waals surface area contributed by atoms with Gasteiger partial charge in [0, 0.05) is 27.2 Å². The summed E-state index contributed by atoms with van der Waals surface area (Å²) in [6, 6.07) is 4.72. The van der Waals surface area contributed by atoms with Crippen LogP contribution in [-0.2, 0) is 14.8 Å². The number of carbonyl (C=O) groups is 1. The minimum absolute atomic E-state index is 0.0440. The number of amides is 1. The summed E-state index contributed by atoms with van der Waals surface area (Å²) in [4.78, 5) is 12.1.